The van der Waals surface area contributed by atoms with Crippen molar-refractivity contribution >= 4 is 34.7 Å². The Morgan fingerprint density at radius 2 is 1.94 bits per heavy atom. The second-order valence-corrected chi connectivity index (χ2v) is 8.67. The van der Waals surface area contributed by atoms with Crippen LogP contribution < -0.4 is 10.6 Å². The van der Waals surface area contributed by atoms with Gasteiger partial charge in [0.15, 0.2) is 17.2 Å². The second kappa shape index (κ2) is 10.7. The molecule has 0 bridgehead atoms. The lowest BCUT2D eigenvalue weighted by Crippen LogP contribution is -2.44. The Balaban J connectivity index is 1.56. The highest BCUT2D eigenvalue weighted by molar-refractivity contribution is 6.34. The van der Waals surface area contributed by atoms with Crippen LogP contribution in [0.4, 0.5) is 17.5 Å². The molecule has 0 amide bonds. The summed E-state index contributed by atoms with van der Waals surface area (Å²) in [5.41, 5.74) is 2.72. The summed E-state index contributed by atoms with van der Waals surface area (Å²) in [5, 5.41) is 30.2. The molecule has 2 N–H and O–H groups in total. The van der Waals surface area contributed by atoms with Crippen LogP contribution in [0.5, 0.6) is 0 Å². The van der Waals surface area contributed by atoms with Crippen molar-refractivity contribution in [1.82, 2.24) is 29.4 Å². The van der Waals surface area contributed by atoms with Crippen LogP contribution in [0.25, 0.3) is 5.65 Å². The van der Waals surface area contributed by atoms with Crippen molar-refractivity contribution in [3.63, 3.8) is 0 Å². The van der Waals surface area contributed by atoms with E-state index in [0.717, 1.165) is 51.1 Å². The van der Waals surface area contributed by atoms with Crippen LogP contribution in [0.15, 0.2) is 18.3 Å². The highest BCUT2D eigenvalue weighted by atomic mass is 35.5. The van der Waals surface area contributed by atoms with Crippen LogP contribution in [0.3, 0.4) is 0 Å². The molecule has 3 aromatic rings. The Hall–Kier alpha value is -3.44. The topological polar surface area (TPSA) is 121 Å². The van der Waals surface area contributed by atoms with E-state index < -0.39 is 0 Å². The molecule has 34 heavy (non-hydrogen) atoms. The zero-order valence-corrected chi connectivity index (χ0v) is 20.1. The number of nitriles is 2. The van der Waals surface area contributed by atoms with E-state index in [0.29, 0.717) is 40.0 Å². The first-order chi connectivity index (χ1) is 16.5. The number of rotatable bonds is 8. The van der Waals surface area contributed by atoms with E-state index in [1.165, 1.54) is 10.7 Å². The molecule has 0 saturated carbocycles. The predicted octanol–water partition coefficient (Wildman–Crippen LogP) is 2.88. The summed E-state index contributed by atoms with van der Waals surface area (Å²) in [5.74, 6) is 0.750. The van der Waals surface area contributed by atoms with Crippen LogP contribution in [0.2, 0.25) is 5.02 Å². The number of nitrogens with zero attached hydrogens (tertiary/aromatic N) is 8. The Labute approximate surface area is 203 Å². The maximum Gasteiger partial charge on any atom is 0.247 e. The van der Waals surface area contributed by atoms with E-state index in [9.17, 15) is 10.5 Å². The van der Waals surface area contributed by atoms with Crippen molar-refractivity contribution in [1.29, 1.82) is 10.5 Å². The number of nitrogens with one attached hydrogen (secondary N) is 2. The number of halogens is 1. The minimum Gasteiger partial charge on any atom is -0.367 e. The summed E-state index contributed by atoms with van der Waals surface area (Å²) in [6, 6.07) is 7.82. The average Bonchev–Trinajstić information content (AvgIpc) is 3.26. The van der Waals surface area contributed by atoms with Gasteiger partial charge in [-0.15, -0.1) is 5.10 Å². The summed E-state index contributed by atoms with van der Waals surface area (Å²) >= 11 is 6.75. The number of anilines is 3. The predicted molar refractivity (Wildman–Crippen MR) is 131 cm³/mol. The molecule has 11 heteroatoms. The number of benzene rings is 1. The van der Waals surface area contributed by atoms with Gasteiger partial charge in [-0.1, -0.05) is 11.6 Å². The first kappa shape index (κ1) is 23.7. The third kappa shape index (κ3) is 5.20. The summed E-state index contributed by atoms with van der Waals surface area (Å²) in [6.07, 6.45) is 3.17. The molecule has 0 aliphatic carbocycles. The Morgan fingerprint density at radius 3 is 2.65 bits per heavy atom. The minimum absolute atomic E-state index is 0.248. The van der Waals surface area contributed by atoms with E-state index in [2.05, 4.69) is 54.7 Å². The largest absolute Gasteiger partial charge is 0.367 e. The fourth-order valence-corrected chi connectivity index (χ4v) is 4.25. The summed E-state index contributed by atoms with van der Waals surface area (Å²) in [4.78, 5) is 13.6. The van der Waals surface area contributed by atoms with Crippen molar-refractivity contribution in [2.24, 2.45) is 0 Å². The zero-order valence-electron chi connectivity index (χ0n) is 19.3. The number of hydrogen-bond acceptors (Lipinski definition) is 9. The lowest BCUT2D eigenvalue weighted by molar-refractivity contribution is 0.153. The van der Waals surface area contributed by atoms with Crippen molar-refractivity contribution in [3.05, 3.63) is 40.2 Å². The average molecular weight is 479 g/mol. The summed E-state index contributed by atoms with van der Waals surface area (Å²) < 4.78 is 1.44. The Bertz CT molecular complexity index is 1250. The Morgan fingerprint density at radius 1 is 1.15 bits per heavy atom. The highest BCUT2D eigenvalue weighted by Gasteiger charge is 2.17. The second-order valence-electron chi connectivity index (χ2n) is 8.29. The molecule has 1 aliphatic rings. The number of piperazine rings is 1. The van der Waals surface area contributed by atoms with Gasteiger partial charge in [0.2, 0.25) is 5.95 Å². The number of hydrogen-bond donors (Lipinski definition) is 2. The zero-order chi connectivity index (χ0) is 24.1. The molecule has 3 heterocycles. The van der Waals surface area contributed by atoms with Crippen LogP contribution in [-0.4, -0.2) is 75.7 Å². The van der Waals surface area contributed by atoms with Gasteiger partial charge in [0, 0.05) is 32.7 Å². The summed E-state index contributed by atoms with van der Waals surface area (Å²) in [7, 11) is 2.15. The van der Waals surface area contributed by atoms with Gasteiger partial charge in [0.1, 0.15) is 6.07 Å². The van der Waals surface area contributed by atoms with Crippen molar-refractivity contribution in [3.8, 4) is 12.1 Å². The standard InChI is InChI=1S/C23H27ClN10/c1-3-27-21-22-28-15-18(14-26)34(22)31-23(30-21)29-19-12-16(13-25)11-17(20(19)24)5-4-6-33-9-7-32(2)8-10-33/h11-12,15H,3-10H2,1-2H3,(H2,27,29,30,31). The number of aryl methyl sites for hydroxylation is 1. The molecular formula is C23H27ClN10. The molecule has 0 atom stereocenters. The van der Waals surface area contributed by atoms with Gasteiger partial charge >= 0.3 is 0 Å². The van der Waals surface area contributed by atoms with E-state index in [4.69, 9.17) is 11.6 Å². The maximum atomic E-state index is 9.57. The molecule has 176 valence electrons. The lowest BCUT2D eigenvalue weighted by atomic mass is 10.0. The SMILES string of the molecule is CCNc1nc(Nc2cc(C#N)cc(CCCN3CCN(C)CC3)c2Cl)nn2c(C#N)cnc12. The van der Waals surface area contributed by atoms with Gasteiger partial charge in [0.05, 0.1) is 28.5 Å². The first-order valence-electron chi connectivity index (χ1n) is 11.3. The van der Waals surface area contributed by atoms with Gasteiger partial charge in [-0.25, -0.2) is 4.98 Å². The molecular weight excluding hydrogens is 452 g/mol. The molecule has 0 radical (unpaired) electrons. The molecule has 4 rings (SSSR count). The Kier molecular flexibility index (Phi) is 7.43. The van der Waals surface area contributed by atoms with Crippen LogP contribution >= 0.6 is 11.6 Å². The lowest BCUT2D eigenvalue weighted by Gasteiger charge is -2.32. The molecule has 1 saturated heterocycles. The third-order valence-corrected chi connectivity index (χ3v) is 6.31. The molecule has 1 aromatic carbocycles. The van der Waals surface area contributed by atoms with Crippen molar-refractivity contribution < 1.29 is 0 Å². The van der Waals surface area contributed by atoms with Gasteiger partial charge < -0.3 is 20.4 Å². The maximum absolute atomic E-state index is 9.57. The van der Waals surface area contributed by atoms with Crippen molar-refractivity contribution in [2.45, 2.75) is 19.8 Å². The fraction of sp³-hybridized carbons (Fsp3) is 0.435. The summed E-state index contributed by atoms with van der Waals surface area (Å²) in [6.45, 7) is 7.88. The van der Waals surface area contributed by atoms with E-state index in [1.54, 1.807) is 6.07 Å². The number of aromatic nitrogens is 4. The monoisotopic (exact) mass is 478 g/mol. The number of fused-ring (bicyclic) bond motifs is 1. The van der Waals surface area contributed by atoms with Gasteiger partial charge in [0.25, 0.3) is 0 Å². The molecule has 1 aliphatic heterocycles. The van der Waals surface area contributed by atoms with Gasteiger partial charge in [-0.05, 0) is 51.1 Å². The normalized spacial score (nSPS) is 14.6. The third-order valence-electron chi connectivity index (χ3n) is 5.86. The molecule has 0 spiro atoms. The highest BCUT2D eigenvalue weighted by Crippen LogP contribution is 2.31. The molecule has 1 fully saturated rings. The van der Waals surface area contributed by atoms with Crippen molar-refractivity contribution in [2.75, 3.05) is 56.9 Å². The van der Waals surface area contributed by atoms with Gasteiger partial charge in [-0.3, -0.25) is 0 Å². The van der Waals surface area contributed by atoms with Gasteiger partial charge in [-0.2, -0.15) is 20.0 Å². The molecule has 0 unspecified atom stereocenters. The molecule has 2 aromatic heterocycles. The minimum atomic E-state index is 0.248. The first-order valence-corrected chi connectivity index (χ1v) is 11.7. The molecule has 10 nitrogen and oxygen atoms in total. The van der Waals surface area contributed by atoms with Crippen LogP contribution in [-0.2, 0) is 6.42 Å². The quantitative estimate of drug-likeness (QED) is 0.503. The van der Waals surface area contributed by atoms with Crippen LogP contribution in [0.1, 0.15) is 30.2 Å². The number of imidazole rings is 1. The van der Waals surface area contributed by atoms with Crippen LogP contribution in [0, 0.1) is 22.7 Å². The van der Waals surface area contributed by atoms with E-state index in [1.807, 2.05) is 13.0 Å². The van der Waals surface area contributed by atoms with E-state index >= 15 is 0 Å². The van der Waals surface area contributed by atoms with E-state index in [-0.39, 0.29) is 5.95 Å². The number of likely N-dealkylation sites (N-methyl/N-ethyl adjacent to an activating group) is 1. The fourth-order valence-electron chi connectivity index (χ4n) is 4.00. The smallest absolute Gasteiger partial charge is 0.247 e.